The first-order valence-corrected chi connectivity index (χ1v) is 8.26. The fraction of sp³-hybridized carbons (Fsp3) is 0.917. The molecule has 0 aromatic rings. The summed E-state index contributed by atoms with van der Waals surface area (Å²) in [6, 6.07) is 1.74. The molecular weight excluding hydrogens is 264 g/mol. The molecule has 19 heavy (non-hydrogen) atoms. The zero-order valence-corrected chi connectivity index (χ0v) is 12.3. The van der Waals surface area contributed by atoms with Crippen LogP contribution in [0.1, 0.15) is 38.5 Å². The maximum absolute atomic E-state index is 12.1. The summed E-state index contributed by atoms with van der Waals surface area (Å²) in [4.78, 5) is 0. The highest BCUT2D eigenvalue weighted by atomic mass is 32.2. The van der Waals surface area contributed by atoms with E-state index in [0.29, 0.717) is 12.5 Å². The van der Waals surface area contributed by atoms with E-state index in [9.17, 15) is 8.42 Å². The van der Waals surface area contributed by atoms with Crippen molar-refractivity contribution in [2.24, 2.45) is 11.7 Å². The summed E-state index contributed by atoms with van der Waals surface area (Å²) in [7, 11) is -2.06. The van der Waals surface area contributed by atoms with Gasteiger partial charge in [0.15, 0.2) is 0 Å². The van der Waals surface area contributed by atoms with Gasteiger partial charge in [0.1, 0.15) is 0 Å². The number of nitrogens with two attached hydrogens (primary N) is 1. The third kappa shape index (κ3) is 5.07. The Bertz CT molecular complexity index is 398. The Labute approximate surface area is 116 Å². The lowest BCUT2D eigenvalue weighted by atomic mass is 9.84. The summed E-state index contributed by atoms with van der Waals surface area (Å²) in [5.41, 5.74) is 5.71. The van der Waals surface area contributed by atoms with Crippen LogP contribution in [0.3, 0.4) is 0 Å². The lowest BCUT2D eigenvalue weighted by Crippen LogP contribution is -2.50. The van der Waals surface area contributed by atoms with Crippen LogP contribution >= 0.6 is 0 Å². The first-order chi connectivity index (χ1) is 9.01. The molecule has 7 heteroatoms. The van der Waals surface area contributed by atoms with Crippen molar-refractivity contribution in [2.45, 2.75) is 44.6 Å². The maximum atomic E-state index is 12.1. The highest BCUT2D eigenvalue weighted by molar-refractivity contribution is 7.87. The van der Waals surface area contributed by atoms with E-state index in [0.717, 1.165) is 25.7 Å². The lowest BCUT2D eigenvalue weighted by Gasteiger charge is -2.31. The van der Waals surface area contributed by atoms with Gasteiger partial charge in [-0.25, -0.2) is 0 Å². The molecule has 1 rings (SSSR count). The van der Waals surface area contributed by atoms with E-state index in [4.69, 9.17) is 11.0 Å². The van der Waals surface area contributed by atoms with Crippen LogP contribution in [0.2, 0.25) is 0 Å². The monoisotopic (exact) mass is 288 g/mol. The molecule has 3 N–H and O–H groups in total. The molecule has 1 aliphatic rings. The van der Waals surface area contributed by atoms with Crippen molar-refractivity contribution in [3.05, 3.63) is 0 Å². The Kier molecular flexibility index (Phi) is 6.72. The van der Waals surface area contributed by atoms with Gasteiger partial charge in [0, 0.05) is 32.6 Å². The van der Waals surface area contributed by atoms with Crippen molar-refractivity contribution in [2.75, 3.05) is 20.1 Å². The highest BCUT2D eigenvalue weighted by Crippen LogP contribution is 2.26. The van der Waals surface area contributed by atoms with Crippen LogP contribution in [0, 0.1) is 17.2 Å². The van der Waals surface area contributed by atoms with Gasteiger partial charge in [-0.3, -0.25) is 0 Å². The van der Waals surface area contributed by atoms with Crippen molar-refractivity contribution < 1.29 is 8.42 Å². The minimum Gasteiger partial charge on any atom is -0.329 e. The molecule has 0 heterocycles. The molecule has 0 radical (unpaired) electrons. The van der Waals surface area contributed by atoms with Gasteiger partial charge in [-0.2, -0.15) is 22.7 Å². The second kappa shape index (κ2) is 7.80. The topological polar surface area (TPSA) is 99.2 Å². The lowest BCUT2D eigenvalue weighted by molar-refractivity contribution is 0.290. The Morgan fingerprint density at radius 2 is 2.05 bits per heavy atom. The molecule has 1 fully saturated rings. The smallest absolute Gasteiger partial charge is 0.279 e. The summed E-state index contributed by atoms with van der Waals surface area (Å²) in [5.74, 6) is 0.331. The summed E-state index contributed by atoms with van der Waals surface area (Å²) < 4.78 is 28.1. The van der Waals surface area contributed by atoms with Crippen LogP contribution < -0.4 is 10.5 Å². The first-order valence-electron chi connectivity index (χ1n) is 6.82. The SMILES string of the molecule is CN(CCC#N)S(=O)(=O)N[C@@H](CN)C1CCCCC1. The normalized spacial score (nSPS) is 19.3. The molecule has 0 spiro atoms. The number of hydrogen-bond acceptors (Lipinski definition) is 4. The molecule has 1 atom stereocenters. The third-order valence-electron chi connectivity index (χ3n) is 3.72. The van der Waals surface area contributed by atoms with Crippen LogP contribution in [-0.4, -0.2) is 38.9 Å². The summed E-state index contributed by atoms with van der Waals surface area (Å²) in [6.45, 7) is 0.518. The number of nitrogens with zero attached hydrogens (tertiary/aromatic N) is 2. The van der Waals surface area contributed by atoms with Gasteiger partial charge < -0.3 is 5.73 Å². The van der Waals surface area contributed by atoms with E-state index in [-0.39, 0.29) is 19.0 Å². The Morgan fingerprint density at radius 3 is 2.58 bits per heavy atom. The second-order valence-electron chi connectivity index (χ2n) is 5.09. The van der Waals surface area contributed by atoms with Crippen molar-refractivity contribution in [3.63, 3.8) is 0 Å². The molecular formula is C12H24N4O2S. The highest BCUT2D eigenvalue weighted by Gasteiger charge is 2.28. The van der Waals surface area contributed by atoms with Crippen molar-refractivity contribution in [1.82, 2.24) is 9.03 Å². The maximum Gasteiger partial charge on any atom is 0.279 e. The standard InChI is InChI=1S/C12H24N4O2S/c1-16(9-5-8-13)19(17,18)15-12(10-14)11-6-3-2-4-7-11/h11-12,15H,2-7,9-10,14H2,1H3/t12-/m0/s1. The number of hydrogen-bond donors (Lipinski definition) is 2. The minimum atomic E-state index is -3.54. The van der Waals surface area contributed by atoms with E-state index >= 15 is 0 Å². The van der Waals surface area contributed by atoms with Gasteiger partial charge >= 0.3 is 0 Å². The van der Waals surface area contributed by atoms with E-state index < -0.39 is 10.2 Å². The Balaban J connectivity index is 2.60. The number of nitriles is 1. The Hall–Kier alpha value is -0.680. The molecule has 1 aliphatic carbocycles. The minimum absolute atomic E-state index is 0.189. The summed E-state index contributed by atoms with van der Waals surface area (Å²) in [5, 5.41) is 8.50. The van der Waals surface area contributed by atoms with Gasteiger partial charge in [0.2, 0.25) is 0 Å². The van der Waals surface area contributed by atoms with E-state index in [1.54, 1.807) is 0 Å². The molecule has 0 aliphatic heterocycles. The van der Waals surface area contributed by atoms with Crippen molar-refractivity contribution in [1.29, 1.82) is 5.26 Å². The van der Waals surface area contributed by atoms with Gasteiger partial charge in [-0.1, -0.05) is 19.3 Å². The predicted octanol–water partition coefficient (Wildman–Crippen LogP) is 0.574. The molecule has 0 unspecified atom stereocenters. The summed E-state index contributed by atoms with van der Waals surface area (Å²) >= 11 is 0. The summed E-state index contributed by atoms with van der Waals surface area (Å²) in [6.07, 6.45) is 5.77. The predicted molar refractivity (Wildman–Crippen MR) is 74.3 cm³/mol. The van der Waals surface area contributed by atoms with E-state index in [2.05, 4.69) is 4.72 Å². The van der Waals surface area contributed by atoms with Crippen LogP contribution in [-0.2, 0) is 10.2 Å². The molecule has 0 bridgehead atoms. The second-order valence-corrected chi connectivity index (χ2v) is 6.90. The van der Waals surface area contributed by atoms with Crippen LogP contribution in [0.15, 0.2) is 0 Å². The third-order valence-corrected chi connectivity index (χ3v) is 5.33. The number of nitrogens with one attached hydrogen (secondary N) is 1. The quantitative estimate of drug-likeness (QED) is 0.715. The zero-order valence-electron chi connectivity index (χ0n) is 11.5. The molecule has 6 nitrogen and oxygen atoms in total. The van der Waals surface area contributed by atoms with E-state index in [1.807, 2.05) is 6.07 Å². The zero-order chi connectivity index (χ0) is 14.3. The molecule has 1 saturated carbocycles. The van der Waals surface area contributed by atoms with Gasteiger partial charge in [0.25, 0.3) is 10.2 Å². The van der Waals surface area contributed by atoms with E-state index in [1.165, 1.54) is 17.8 Å². The molecule has 0 aromatic carbocycles. The molecule has 110 valence electrons. The van der Waals surface area contributed by atoms with Gasteiger partial charge in [-0.05, 0) is 18.8 Å². The van der Waals surface area contributed by atoms with Crippen LogP contribution in [0.5, 0.6) is 0 Å². The van der Waals surface area contributed by atoms with Gasteiger partial charge in [0.05, 0.1) is 6.07 Å². The van der Waals surface area contributed by atoms with Crippen molar-refractivity contribution in [3.8, 4) is 6.07 Å². The molecule has 0 saturated heterocycles. The fourth-order valence-electron chi connectivity index (χ4n) is 2.48. The van der Waals surface area contributed by atoms with Crippen LogP contribution in [0.25, 0.3) is 0 Å². The Morgan fingerprint density at radius 1 is 1.42 bits per heavy atom. The van der Waals surface area contributed by atoms with Gasteiger partial charge in [-0.15, -0.1) is 0 Å². The average molecular weight is 288 g/mol. The van der Waals surface area contributed by atoms with Crippen LogP contribution in [0.4, 0.5) is 0 Å². The fourth-order valence-corrected chi connectivity index (χ4v) is 3.67. The molecule has 0 aromatic heterocycles. The average Bonchev–Trinajstić information content (AvgIpc) is 2.43. The number of rotatable bonds is 7. The largest absolute Gasteiger partial charge is 0.329 e. The molecule has 0 amide bonds. The van der Waals surface area contributed by atoms with Crippen molar-refractivity contribution >= 4 is 10.2 Å². The first kappa shape index (κ1) is 16.4.